The first-order valence-electron chi connectivity index (χ1n) is 5.52. The second-order valence-electron chi connectivity index (χ2n) is 4.61. The third kappa shape index (κ3) is 2.01. The smallest absolute Gasteiger partial charge is 0.0146 e. The molecule has 0 aliphatic rings. The molecule has 16 heavy (non-hydrogen) atoms. The van der Waals surface area contributed by atoms with Gasteiger partial charge in [-0.05, 0) is 23.6 Å². The van der Waals surface area contributed by atoms with Crippen LogP contribution in [-0.4, -0.2) is 0 Å². The fourth-order valence-corrected chi connectivity index (χ4v) is 1.92. The molecule has 0 fully saturated rings. The van der Waals surface area contributed by atoms with Crippen LogP contribution in [0.2, 0.25) is 0 Å². The lowest BCUT2D eigenvalue weighted by molar-refractivity contribution is 0.641. The van der Waals surface area contributed by atoms with E-state index in [0.29, 0.717) is 0 Å². The van der Waals surface area contributed by atoms with Crippen LogP contribution in [0.3, 0.4) is 0 Å². The Morgan fingerprint density at radius 2 is 1.25 bits per heavy atom. The van der Waals surface area contributed by atoms with Gasteiger partial charge in [0.2, 0.25) is 0 Å². The van der Waals surface area contributed by atoms with E-state index in [4.69, 9.17) is 6.92 Å². The van der Waals surface area contributed by atoms with Gasteiger partial charge in [0.1, 0.15) is 0 Å². The van der Waals surface area contributed by atoms with Gasteiger partial charge >= 0.3 is 0 Å². The van der Waals surface area contributed by atoms with Crippen molar-refractivity contribution < 1.29 is 0 Å². The highest BCUT2D eigenvalue weighted by Crippen LogP contribution is 2.31. The van der Waals surface area contributed by atoms with Crippen molar-refractivity contribution in [3.05, 3.63) is 78.2 Å². The maximum Gasteiger partial charge on any atom is 0.0146 e. The molecule has 2 radical (unpaired) electrons. The second kappa shape index (κ2) is 4.13. The first-order valence-corrected chi connectivity index (χ1v) is 5.52. The Kier molecular flexibility index (Phi) is 2.82. The monoisotopic (exact) mass is 208 g/mol. The van der Waals surface area contributed by atoms with Crippen molar-refractivity contribution in [2.75, 3.05) is 0 Å². The lowest BCUT2D eigenvalue weighted by Crippen LogP contribution is -2.18. The predicted molar refractivity (Wildman–Crippen MR) is 68.4 cm³/mol. The third-order valence-electron chi connectivity index (χ3n) is 3.13. The molecule has 2 aromatic rings. The van der Waals surface area contributed by atoms with Crippen molar-refractivity contribution >= 4 is 0 Å². The Bertz CT molecular complexity index is 449. The van der Waals surface area contributed by atoms with E-state index in [-0.39, 0.29) is 5.41 Å². The number of hydrogen-bond donors (Lipinski definition) is 0. The first-order chi connectivity index (χ1) is 7.60. The van der Waals surface area contributed by atoms with Crippen molar-refractivity contribution in [1.29, 1.82) is 0 Å². The number of rotatable bonds is 2. The molecule has 0 amide bonds. The topological polar surface area (TPSA) is 0 Å². The highest BCUT2D eigenvalue weighted by Gasteiger charge is 2.22. The summed E-state index contributed by atoms with van der Waals surface area (Å²) in [5.74, 6) is 0. The zero-order valence-corrected chi connectivity index (χ0v) is 9.77. The molecule has 0 aliphatic carbocycles. The van der Waals surface area contributed by atoms with E-state index < -0.39 is 0 Å². The molecule has 80 valence electrons. The molecule has 0 spiro atoms. The van der Waals surface area contributed by atoms with Crippen molar-refractivity contribution in [2.45, 2.75) is 19.3 Å². The summed E-state index contributed by atoms with van der Waals surface area (Å²) in [4.78, 5) is 0. The summed E-state index contributed by atoms with van der Waals surface area (Å²) in [6.07, 6.45) is 0. The Hall–Kier alpha value is -1.56. The largest absolute Gasteiger partial charge is 0.0622 e. The summed E-state index contributed by atoms with van der Waals surface area (Å²) in [7, 11) is 0. The highest BCUT2D eigenvalue weighted by molar-refractivity contribution is 5.38. The van der Waals surface area contributed by atoms with E-state index in [1.54, 1.807) is 0 Å². The second-order valence-corrected chi connectivity index (χ2v) is 4.61. The third-order valence-corrected chi connectivity index (χ3v) is 3.13. The average molecular weight is 208 g/mol. The van der Waals surface area contributed by atoms with Crippen LogP contribution in [0.5, 0.6) is 0 Å². The maximum atomic E-state index is 5.71. The van der Waals surface area contributed by atoms with Crippen LogP contribution in [0, 0.1) is 6.92 Å². The minimum atomic E-state index is 0.0228. The minimum absolute atomic E-state index is 0.0228. The zero-order chi connectivity index (χ0) is 11.6. The van der Waals surface area contributed by atoms with Gasteiger partial charge in [0, 0.05) is 5.41 Å². The van der Waals surface area contributed by atoms with Crippen molar-refractivity contribution in [2.24, 2.45) is 0 Å². The molecule has 0 N–H and O–H groups in total. The van der Waals surface area contributed by atoms with Crippen LogP contribution in [0.25, 0.3) is 0 Å². The lowest BCUT2D eigenvalue weighted by Gasteiger charge is -2.26. The summed E-state index contributed by atoms with van der Waals surface area (Å²) < 4.78 is 0. The molecular formula is C16H16. The van der Waals surface area contributed by atoms with Crippen LogP contribution in [0.1, 0.15) is 30.5 Å². The van der Waals surface area contributed by atoms with Gasteiger partial charge in [0.15, 0.2) is 0 Å². The van der Waals surface area contributed by atoms with Gasteiger partial charge in [-0.3, -0.25) is 0 Å². The van der Waals surface area contributed by atoms with Gasteiger partial charge in [-0.25, -0.2) is 0 Å². The van der Waals surface area contributed by atoms with Gasteiger partial charge in [0.25, 0.3) is 0 Å². The SMILES string of the molecule is [CH]c1ccc(C(C)(C)c2ccccc2)cc1. The van der Waals surface area contributed by atoms with Gasteiger partial charge in [0.05, 0.1) is 0 Å². The summed E-state index contributed by atoms with van der Waals surface area (Å²) in [6.45, 7) is 10.2. The molecule has 2 rings (SSSR count). The van der Waals surface area contributed by atoms with E-state index in [9.17, 15) is 0 Å². The van der Waals surface area contributed by atoms with Gasteiger partial charge in [-0.2, -0.15) is 0 Å². The molecule has 0 bridgehead atoms. The molecule has 0 unspecified atom stereocenters. The van der Waals surface area contributed by atoms with Gasteiger partial charge < -0.3 is 0 Å². The van der Waals surface area contributed by atoms with Crippen LogP contribution < -0.4 is 0 Å². The molecule has 0 atom stereocenters. The van der Waals surface area contributed by atoms with Gasteiger partial charge in [-0.1, -0.05) is 68.4 Å². The van der Waals surface area contributed by atoms with Crippen molar-refractivity contribution in [3.63, 3.8) is 0 Å². The molecule has 0 aromatic heterocycles. The summed E-state index contributed by atoms with van der Waals surface area (Å²) >= 11 is 0. The van der Waals surface area contributed by atoms with Crippen LogP contribution in [0.15, 0.2) is 54.6 Å². The van der Waals surface area contributed by atoms with Crippen LogP contribution in [-0.2, 0) is 5.41 Å². The quantitative estimate of drug-likeness (QED) is 0.697. The molecule has 0 saturated carbocycles. The minimum Gasteiger partial charge on any atom is -0.0622 e. The number of hydrogen-bond acceptors (Lipinski definition) is 0. The Morgan fingerprint density at radius 3 is 1.81 bits per heavy atom. The maximum absolute atomic E-state index is 5.71. The molecule has 2 aromatic carbocycles. The normalized spacial score (nSPS) is 11.4. The first kappa shape index (κ1) is 10.9. The zero-order valence-electron chi connectivity index (χ0n) is 9.77. The average Bonchev–Trinajstić information content (AvgIpc) is 2.31. The Morgan fingerprint density at radius 1 is 0.750 bits per heavy atom. The van der Waals surface area contributed by atoms with E-state index >= 15 is 0 Å². The standard InChI is InChI=1S/C16H16/c1-13-9-11-15(12-10-13)16(2,3)14-7-5-4-6-8-14/h1,4-12H,2-3H3. The van der Waals surface area contributed by atoms with E-state index in [0.717, 1.165) is 5.56 Å². The van der Waals surface area contributed by atoms with Crippen molar-refractivity contribution in [3.8, 4) is 0 Å². The lowest BCUT2D eigenvalue weighted by atomic mass is 9.78. The number of benzene rings is 2. The molecule has 0 saturated heterocycles. The molecule has 0 heterocycles. The summed E-state index contributed by atoms with van der Waals surface area (Å²) in [5, 5.41) is 0. The molecule has 0 heteroatoms. The fraction of sp³-hybridized carbons (Fsp3) is 0.188. The van der Waals surface area contributed by atoms with Crippen LogP contribution >= 0.6 is 0 Å². The predicted octanol–water partition coefficient (Wildman–Crippen LogP) is 4.07. The van der Waals surface area contributed by atoms with E-state index in [1.165, 1.54) is 11.1 Å². The van der Waals surface area contributed by atoms with Gasteiger partial charge in [-0.15, -0.1) is 0 Å². The molecule has 0 aliphatic heterocycles. The van der Waals surface area contributed by atoms with Crippen LogP contribution in [0.4, 0.5) is 0 Å². The molecule has 0 nitrogen and oxygen atoms in total. The fourth-order valence-electron chi connectivity index (χ4n) is 1.92. The highest BCUT2D eigenvalue weighted by atomic mass is 14.3. The Labute approximate surface area is 97.9 Å². The van der Waals surface area contributed by atoms with E-state index in [2.05, 4.69) is 50.2 Å². The summed E-state index contributed by atoms with van der Waals surface area (Å²) in [5.41, 5.74) is 3.44. The molecular weight excluding hydrogens is 192 g/mol. The summed E-state index contributed by atoms with van der Waals surface area (Å²) in [6, 6.07) is 18.6. The van der Waals surface area contributed by atoms with Crippen molar-refractivity contribution in [1.82, 2.24) is 0 Å². The van der Waals surface area contributed by atoms with E-state index in [1.807, 2.05) is 18.2 Å². The Balaban J connectivity index is 2.43.